The highest BCUT2D eigenvalue weighted by Gasteiger charge is 2.49. The molecule has 0 saturated carbocycles. The van der Waals surface area contributed by atoms with Crippen LogP contribution < -0.4 is 4.90 Å². The third-order valence-electron chi connectivity index (χ3n) is 3.60. The number of carbonyl (C=O) groups is 1. The van der Waals surface area contributed by atoms with E-state index in [2.05, 4.69) is 27.6 Å². The van der Waals surface area contributed by atoms with Crippen molar-refractivity contribution in [1.29, 1.82) is 5.26 Å². The van der Waals surface area contributed by atoms with Crippen molar-refractivity contribution >= 4 is 61.0 Å². The zero-order valence-corrected chi connectivity index (χ0v) is 15.6. The quantitative estimate of drug-likeness (QED) is 0.625. The van der Waals surface area contributed by atoms with Gasteiger partial charge < -0.3 is 4.90 Å². The number of nitrogens with zero attached hydrogens (tertiary/aromatic N) is 3. The zero-order chi connectivity index (χ0) is 16.6. The predicted octanol–water partition coefficient (Wildman–Crippen LogP) is 1.81. The third kappa shape index (κ3) is 3.54. The van der Waals surface area contributed by atoms with E-state index in [1.54, 1.807) is 6.07 Å². The topological polar surface area (TPSA) is 90.6 Å². The van der Waals surface area contributed by atoms with Crippen LogP contribution in [0, 0.1) is 14.9 Å². The lowest BCUT2D eigenvalue weighted by molar-refractivity contribution is -0.116. The standard InChI is InChI=1S/C14H12IN3O3S2/c15-9-2-1-3-10(6-9)18-11-7-23(20,21)8-12(11)22-14(18)17-13(19)4-5-16/h1-3,6,11-12H,4,7-8H2/t11-,12+/m0/s1. The molecule has 2 heterocycles. The highest BCUT2D eigenvalue weighted by Crippen LogP contribution is 2.41. The number of rotatable bonds is 2. The Kier molecular flexibility index (Phi) is 4.66. The SMILES string of the molecule is N#CCC(=O)N=C1S[C@@H]2CS(=O)(=O)C[C@@H]2N1c1cccc(I)c1. The van der Waals surface area contributed by atoms with Crippen molar-refractivity contribution in [2.75, 3.05) is 16.4 Å². The number of amides is 1. The van der Waals surface area contributed by atoms with E-state index in [9.17, 15) is 13.2 Å². The molecule has 2 aliphatic heterocycles. The second-order valence-corrected chi connectivity index (χ2v) is 9.88. The predicted molar refractivity (Wildman–Crippen MR) is 98.1 cm³/mol. The van der Waals surface area contributed by atoms with Gasteiger partial charge in [-0.2, -0.15) is 10.3 Å². The molecule has 2 atom stereocenters. The van der Waals surface area contributed by atoms with Gasteiger partial charge in [0.05, 0.1) is 23.6 Å². The van der Waals surface area contributed by atoms with Gasteiger partial charge in [-0.3, -0.25) is 4.79 Å². The molecule has 6 nitrogen and oxygen atoms in total. The average molecular weight is 461 g/mol. The van der Waals surface area contributed by atoms with Gasteiger partial charge in [0.2, 0.25) is 0 Å². The molecule has 0 unspecified atom stereocenters. The number of amidine groups is 1. The number of hydrogen-bond donors (Lipinski definition) is 0. The maximum Gasteiger partial charge on any atom is 0.262 e. The number of sulfone groups is 1. The Bertz CT molecular complexity index is 832. The van der Waals surface area contributed by atoms with E-state index in [0.717, 1.165) is 9.26 Å². The first-order valence-corrected chi connectivity index (χ1v) is 10.6. The Morgan fingerprint density at radius 3 is 2.96 bits per heavy atom. The van der Waals surface area contributed by atoms with Crippen molar-refractivity contribution in [1.82, 2.24) is 0 Å². The number of nitriles is 1. The lowest BCUT2D eigenvalue weighted by Gasteiger charge is -2.24. The zero-order valence-electron chi connectivity index (χ0n) is 11.8. The largest absolute Gasteiger partial charge is 0.316 e. The molecular formula is C14H12IN3O3S2. The molecule has 0 aromatic heterocycles. The first-order valence-electron chi connectivity index (χ1n) is 6.80. The van der Waals surface area contributed by atoms with E-state index < -0.39 is 15.7 Å². The van der Waals surface area contributed by atoms with Crippen LogP contribution in [-0.4, -0.2) is 42.3 Å². The van der Waals surface area contributed by atoms with E-state index >= 15 is 0 Å². The fourth-order valence-corrected chi connectivity index (χ4v) is 7.16. The molecule has 9 heteroatoms. The van der Waals surface area contributed by atoms with Crippen LogP contribution in [0.3, 0.4) is 0 Å². The average Bonchev–Trinajstić information content (AvgIpc) is 2.89. The molecule has 3 rings (SSSR count). The highest BCUT2D eigenvalue weighted by atomic mass is 127. The number of benzene rings is 1. The summed E-state index contributed by atoms with van der Waals surface area (Å²) in [7, 11) is -3.08. The van der Waals surface area contributed by atoms with Crippen LogP contribution in [0.2, 0.25) is 0 Å². The Labute approximate surface area is 152 Å². The van der Waals surface area contributed by atoms with E-state index in [4.69, 9.17) is 5.26 Å². The highest BCUT2D eigenvalue weighted by molar-refractivity contribution is 14.1. The normalized spacial score (nSPS) is 27.0. The molecule has 2 saturated heterocycles. The van der Waals surface area contributed by atoms with Crippen LogP contribution in [0.5, 0.6) is 0 Å². The number of halogens is 1. The number of aliphatic imine (C=N–C) groups is 1. The Morgan fingerprint density at radius 2 is 2.26 bits per heavy atom. The number of anilines is 1. The van der Waals surface area contributed by atoms with Crippen LogP contribution in [0.1, 0.15) is 6.42 Å². The maximum atomic E-state index is 11.9. The number of hydrogen-bond acceptors (Lipinski definition) is 5. The second-order valence-electron chi connectivity index (χ2n) is 5.27. The summed E-state index contributed by atoms with van der Waals surface area (Å²) in [6, 6.07) is 9.19. The maximum absolute atomic E-state index is 11.9. The summed E-state index contributed by atoms with van der Waals surface area (Å²) in [5.41, 5.74) is 0.817. The van der Waals surface area contributed by atoms with E-state index in [-0.39, 0.29) is 29.2 Å². The van der Waals surface area contributed by atoms with Gasteiger partial charge in [-0.1, -0.05) is 17.8 Å². The molecular weight excluding hydrogens is 449 g/mol. The summed E-state index contributed by atoms with van der Waals surface area (Å²) in [6.07, 6.45) is -0.280. The van der Waals surface area contributed by atoms with Gasteiger partial charge in [0, 0.05) is 14.5 Å². The minimum absolute atomic E-state index is 0.0571. The number of fused-ring (bicyclic) bond motifs is 1. The summed E-state index contributed by atoms with van der Waals surface area (Å²) in [6.45, 7) is 0. The molecule has 2 fully saturated rings. The van der Waals surface area contributed by atoms with E-state index in [0.29, 0.717) is 5.17 Å². The van der Waals surface area contributed by atoms with Crippen molar-refractivity contribution in [3.05, 3.63) is 27.8 Å². The van der Waals surface area contributed by atoms with Crippen molar-refractivity contribution in [2.24, 2.45) is 4.99 Å². The van der Waals surface area contributed by atoms with Gasteiger partial charge in [-0.05, 0) is 40.8 Å². The lowest BCUT2D eigenvalue weighted by atomic mass is 10.2. The first-order chi connectivity index (χ1) is 10.9. The molecule has 0 radical (unpaired) electrons. The molecule has 0 aliphatic carbocycles. The summed E-state index contributed by atoms with van der Waals surface area (Å²) >= 11 is 3.49. The number of thioether (sulfide) groups is 1. The van der Waals surface area contributed by atoms with Crippen LogP contribution in [0.15, 0.2) is 29.3 Å². The van der Waals surface area contributed by atoms with Gasteiger partial charge in [0.1, 0.15) is 6.42 Å². The monoisotopic (exact) mass is 461 g/mol. The molecule has 1 aromatic carbocycles. The molecule has 0 N–H and O–H groups in total. The van der Waals surface area contributed by atoms with Crippen LogP contribution in [0.4, 0.5) is 5.69 Å². The van der Waals surface area contributed by atoms with Crippen LogP contribution >= 0.6 is 34.4 Å². The summed E-state index contributed by atoms with van der Waals surface area (Å²) < 4.78 is 24.9. The fraction of sp³-hybridized carbons (Fsp3) is 0.357. The molecule has 2 aliphatic rings. The van der Waals surface area contributed by atoms with Gasteiger partial charge in [0.15, 0.2) is 15.0 Å². The molecule has 120 valence electrons. The van der Waals surface area contributed by atoms with Gasteiger partial charge >= 0.3 is 0 Å². The second kappa shape index (κ2) is 6.41. The van der Waals surface area contributed by atoms with Gasteiger partial charge in [0.25, 0.3) is 5.91 Å². The van der Waals surface area contributed by atoms with E-state index in [1.165, 1.54) is 11.8 Å². The summed E-state index contributed by atoms with van der Waals surface area (Å²) in [4.78, 5) is 17.6. The minimum Gasteiger partial charge on any atom is -0.316 e. The van der Waals surface area contributed by atoms with Crippen molar-refractivity contribution < 1.29 is 13.2 Å². The van der Waals surface area contributed by atoms with Crippen molar-refractivity contribution in [3.63, 3.8) is 0 Å². The smallest absolute Gasteiger partial charge is 0.262 e. The van der Waals surface area contributed by atoms with Crippen molar-refractivity contribution in [3.8, 4) is 6.07 Å². The molecule has 23 heavy (non-hydrogen) atoms. The molecule has 1 aromatic rings. The molecule has 1 amide bonds. The Hall–Kier alpha value is -1.12. The molecule has 0 bridgehead atoms. The van der Waals surface area contributed by atoms with Gasteiger partial charge in [-0.15, -0.1) is 0 Å². The minimum atomic E-state index is -3.08. The van der Waals surface area contributed by atoms with Crippen LogP contribution in [-0.2, 0) is 14.6 Å². The van der Waals surface area contributed by atoms with Gasteiger partial charge in [-0.25, -0.2) is 8.42 Å². The molecule has 0 spiro atoms. The fourth-order valence-electron chi connectivity index (χ4n) is 2.71. The van der Waals surface area contributed by atoms with E-state index in [1.807, 2.05) is 29.2 Å². The first kappa shape index (κ1) is 16.7. The Balaban J connectivity index is 2.01. The number of carbonyl (C=O) groups excluding carboxylic acids is 1. The lowest BCUT2D eigenvalue weighted by Crippen LogP contribution is -2.37. The third-order valence-corrected chi connectivity index (χ3v) is 7.48. The summed E-state index contributed by atoms with van der Waals surface area (Å²) in [5, 5.41) is 8.97. The van der Waals surface area contributed by atoms with Crippen LogP contribution in [0.25, 0.3) is 0 Å². The summed E-state index contributed by atoms with van der Waals surface area (Å²) in [5.74, 6) is -0.357. The Morgan fingerprint density at radius 1 is 1.48 bits per heavy atom. The van der Waals surface area contributed by atoms with Crippen molar-refractivity contribution in [2.45, 2.75) is 17.7 Å².